The molecule has 2 rings (SSSR count). The van der Waals surface area contributed by atoms with Gasteiger partial charge < -0.3 is 9.84 Å². The second-order valence-electron chi connectivity index (χ2n) is 3.22. The van der Waals surface area contributed by atoms with Gasteiger partial charge in [-0.05, 0) is 11.6 Å². The quantitative estimate of drug-likeness (QED) is 0.807. The Morgan fingerprint density at radius 2 is 1.67 bits per heavy atom. The summed E-state index contributed by atoms with van der Waals surface area (Å²) in [5.41, 5.74) is 1.77. The topological polar surface area (TPSA) is 29.5 Å². The van der Waals surface area contributed by atoms with Gasteiger partial charge in [0.25, 0.3) is 0 Å². The Morgan fingerprint density at radius 3 is 2.33 bits per heavy atom. The van der Waals surface area contributed by atoms with Crippen LogP contribution in [0.1, 0.15) is 0 Å². The Kier molecular flexibility index (Phi) is 2.59. The molecule has 2 heteroatoms. The molecule has 0 aliphatic carbocycles. The van der Waals surface area contributed by atoms with Crippen LogP contribution in [0.5, 0.6) is 11.5 Å². The first kappa shape index (κ1) is 9.59. The molecule has 15 heavy (non-hydrogen) atoms. The molecule has 2 aromatic rings. The first-order valence-corrected chi connectivity index (χ1v) is 4.74. The summed E-state index contributed by atoms with van der Waals surface area (Å²) >= 11 is 0. The minimum atomic E-state index is 0.186. The Hall–Kier alpha value is -1.96. The average Bonchev–Trinajstić information content (AvgIpc) is 2.30. The predicted molar refractivity (Wildman–Crippen MR) is 60.1 cm³/mol. The Labute approximate surface area is 88.8 Å². The van der Waals surface area contributed by atoms with E-state index in [0.717, 1.165) is 11.1 Å². The molecule has 0 amide bonds. The maximum Gasteiger partial charge on any atom is 0.165 e. The van der Waals surface area contributed by atoms with Crippen LogP contribution in [-0.2, 0) is 0 Å². The molecule has 0 unspecified atom stereocenters. The molecule has 0 aromatic heterocycles. The summed E-state index contributed by atoms with van der Waals surface area (Å²) in [5.74, 6) is 0.683. The molecule has 0 bridgehead atoms. The summed E-state index contributed by atoms with van der Waals surface area (Å²) in [5, 5.41) is 9.92. The third kappa shape index (κ3) is 1.79. The van der Waals surface area contributed by atoms with Gasteiger partial charge in [-0.2, -0.15) is 0 Å². The highest BCUT2D eigenvalue weighted by Crippen LogP contribution is 2.36. The third-order valence-electron chi connectivity index (χ3n) is 2.30. The summed E-state index contributed by atoms with van der Waals surface area (Å²) in [4.78, 5) is 0. The van der Waals surface area contributed by atoms with Crippen molar-refractivity contribution in [2.45, 2.75) is 0 Å². The average molecular weight is 200 g/mol. The number of phenolic OH excluding ortho intramolecular Hbond substituents is 1. The van der Waals surface area contributed by atoms with E-state index in [9.17, 15) is 5.11 Å². The molecule has 0 saturated carbocycles. The van der Waals surface area contributed by atoms with Crippen molar-refractivity contribution < 1.29 is 9.84 Å². The normalized spacial score (nSPS) is 9.93. The Bertz CT molecular complexity index is 449. The van der Waals surface area contributed by atoms with Gasteiger partial charge in [-0.25, -0.2) is 0 Å². The van der Waals surface area contributed by atoms with Crippen molar-refractivity contribution in [2.24, 2.45) is 0 Å². The summed E-state index contributed by atoms with van der Waals surface area (Å²) in [6, 6.07) is 15.2. The molecule has 0 aliphatic rings. The van der Waals surface area contributed by atoms with Crippen molar-refractivity contribution in [3.63, 3.8) is 0 Å². The van der Waals surface area contributed by atoms with Gasteiger partial charge in [0.05, 0.1) is 7.11 Å². The molecule has 0 saturated heterocycles. The van der Waals surface area contributed by atoms with Gasteiger partial charge in [-0.1, -0.05) is 42.5 Å². The number of methoxy groups -OCH3 is 1. The smallest absolute Gasteiger partial charge is 0.165 e. The molecule has 0 radical (unpaired) electrons. The van der Waals surface area contributed by atoms with Crippen molar-refractivity contribution in [1.29, 1.82) is 0 Å². The van der Waals surface area contributed by atoms with Crippen molar-refractivity contribution in [3.05, 3.63) is 48.5 Å². The molecule has 0 heterocycles. The molecular weight excluding hydrogens is 188 g/mol. The predicted octanol–water partition coefficient (Wildman–Crippen LogP) is 3.07. The fraction of sp³-hybridized carbons (Fsp3) is 0.0769. The van der Waals surface area contributed by atoms with Gasteiger partial charge in [0.15, 0.2) is 11.5 Å². The van der Waals surface area contributed by atoms with Gasteiger partial charge in [0, 0.05) is 5.56 Å². The maximum atomic E-state index is 9.92. The first-order valence-electron chi connectivity index (χ1n) is 4.74. The van der Waals surface area contributed by atoms with E-state index in [1.807, 2.05) is 42.5 Å². The minimum Gasteiger partial charge on any atom is -0.504 e. The number of para-hydroxylation sites is 1. The van der Waals surface area contributed by atoms with Crippen LogP contribution in [-0.4, -0.2) is 12.2 Å². The highest BCUT2D eigenvalue weighted by atomic mass is 16.5. The van der Waals surface area contributed by atoms with E-state index in [0.29, 0.717) is 5.75 Å². The molecule has 0 atom stereocenters. The van der Waals surface area contributed by atoms with Gasteiger partial charge >= 0.3 is 0 Å². The zero-order valence-corrected chi connectivity index (χ0v) is 8.47. The number of hydrogen-bond acceptors (Lipinski definition) is 2. The maximum absolute atomic E-state index is 9.92. The summed E-state index contributed by atoms with van der Waals surface area (Å²) in [6.45, 7) is 0. The van der Waals surface area contributed by atoms with Crippen LogP contribution >= 0.6 is 0 Å². The van der Waals surface area contributed by atoms with Crippen molar-refractivity contribution in [2.75, 3.05) is 7.11 Å². The lowest BCUT2D eigenvalue weighted by molar-refractivity contribution is 0.374. The zero-order chi connectivity index (χ0) is 10.7. The molecule has 76 valence electrons. The SMILES string of the molecule is COc1cccc(-c2ccccc2)c1O. The molecule has 2 nitrogen and oxygen atoms in total. The summed E-state index contributed by atoms with van der Waals surface area (Å²) < 4.78 is 5.06. The van der Waals surface area contributed by atoms with Gasteiger partial charge in [0.1, 0.15) is 0 Å². The fourth-order valence-corrected chi connectivity index (χ4v) is 1.54. The number of hydrogen-bond donors (Lipinski definition) is 1. The number of ether oxygens (including phenoxy) is 1. The van der Waals surface area contributed by atoms with E-state index in [2.05, 4.69) is 0 Å². The molecule has 2 aromatic carbocycles. The highest BCUT2D eigenvalue weighted by Gasteiger charge is 2.07. The van der Waals surface area contributed by atoms with Crippen LogP contribution in [0.15, 0.2) is 48.5 Å². The van der Waals surface area contributed by atoms with E-state index >= 15 is 0 Å². The largest absolute Gasteiger partial charge is 0.504 e. The van der Waals surface area contributed by atoms with E-state index < -0.39 is 0 Å². The molecule has 1 N–H and O–H groups in total. The second kappa shape index (κ2) is 4.05. The van der Waals surface area contributed by atoms with Crippen molar-refractivity contribution >= 4 is 0 Å². The van der Waals surface area contributed by atoms with Crippen molar-refractivity contribution in [3.8, 4) is 22.6 Å². The van der Waals surface area contributed by atoms with Crippen LogP contribution in [0.3, 0.4) is 0 Å². The standard InChI is InChI=1S/C13H12O2/c1-15-12-9-5-8-11(13(12)14)10-6-3-2-4-7-10/h2-9,14H,1H3. The van der Waals surface area contributed by atoms with Gasteiger partial charge in [-0.15, -0.1) is 0 Å². The van der Waals surface area contributed by atoms with Crippen LogP contribution < -0.4 is 4.74 Å². The molecule has 0 spiro atoms. The second-order valence-corrected chi connectivity index (χ2v) is 3.22. The van der Waals surface area contributed by atoms with Crippen molar-refractivity contribution in [1.82, 2.24) is 0 Å². The number of rotatable bonds is 2. The highest BCUT2D eigenvalue weighted by molar-refractivity contribution is 5.73. The van der Waals surface area contributed by atoms with E-state index in [-0.39, 0.29) is 5.75 Å². The zero-order valence-electron chi connectivity index (χ0n) is 8.47. The number of aromatic hydroxyl groups is 1. The summed E-state index contributed by atoms with van der Waals surface area (Å²) in [7, 11) is 1.55. The van der Waals surface area contributed by atoms with E-state index in [1.165, 1.54) is 0 Å². The lowest BCUT2D eigenvalue weighted by Gasteiger charge is -2.08. The lowest BCUT2D eigenvalue weighted by Crippen LogP contribution is -1.85. The minimum absolute atomic E-state index is 0.186. The monoisotopic (exact) mass is 200 g/mol. The number of benzene rings is 2. The van der Waals surface area contributed by atoms with Crippen LogP contribution in [0, 0.1) is 0 Å². The molecular formula is C13H12O2. The third-order valence-corrected chi connectivity index (χ3v) is 2.30. The molecule has 0 fully saturated rings. The Morgan fingerprint density at radius 1 is 0.933 bits per heavy atom. The van der Waals surface area contributed by atoms with Crippen LogP contribution in [0.2, 0.25) is 0 Å². The molecule has 0 aliphatic heterocycles. The Balaban J connectivity index is 2.54. The fourth-order valence-electron chi connectivity index (χ4n) is 1.54. The number of phenols is 1. The summed E-state index contributed by atoms with van der Waals surface area (Å²) in [6.07, 6.45) is 0. The van der Waals surface area contributed by atoms with Crippen LogP contribution in [0.25, 0.3) is 11.1 Å². The van der Waals surface area contributed by atoms with Gasteiger partial charge in [-0.3, -0.25) is 0 Å². The van der Waals surface area contributed by atoms with Gasteiger partial charge in [0.2, 0.25) is 0 Å². The van der Waals surface area contributed by atoms with Crippen LogP contribution in [0.4, 0.5) is 0 Å². The lowest BCUT2D eigenvalue weighted by atomic mass is 10.0. The van der Waals surface area contributed by atoms with E-state index in [1.54, 1.807) is 13.2 Å². The van der Waals surface area contributed by atoms with E-state index in [4.69, 9.17) is 4.74 Å². The first-order chi connectivity index (χ1) is 7.33.